The Morgan fingerprint density at radius 1 is 1.17 bits per heavy atom. The van der Waals surface area contributed by atoms with Gasteiger partial charge in [0.1, 0.15) is 0 Å². The SMILES string of the molecule is Cl.NC1C2CCC(C2)C1C(=O)NCC1(Cc2ccccc2)CCC1. The van der Waals surface area contributed by atoms with Crippen molar-refractivity contribution in [2.45, 2.75) is 51.0 Å². The quantitative estimate of drug-likeness (QED) is 0.857. The molecule has 3 saturated carbocycles. The molecule has 4 atom stereocenters. The highest BCUT2D eigenvalue weighted by Gasteiger charge is 2.49. The predicted octanol–water partition coefficient (Wildman–Crippen LogP) is 3.31. The topological polar surface area (TPSA) is 55.1 Å². The molecule has 3 aliphatic rings. The van der Waals surface area contributed by atoms with Crippen molar-refractivity contribution in [2.24, 2.45) is 28.9 Å². The van der Waals surface area contributed by atoms with Crippen LogP contribution in [0.4, 0.5) is 0 Å². The molecule has 1 aromatic rings. The molecule has 1 aromatic carbocycles. The number of carbonyl (C=O) groups is 1. The summed E-state index contributed by atoms with van der Waals surface area (Å²) in [7, 11) is 0. The van der Waals surface area contributed by atoms with Gasteiger partial charge in [0, 0.05) is 12.6 Å². The van der Waals surface area contributed by atoms with E-state index in [0.29, 0.717) is 11.8 Å². The van der Waals surface area contributed by atoms with Crippen molar-refractivity contribution >= 4 is 18.3 Å². The van der Waals surface area contributed by atoms with Crippen LogP contribution in [0.2, 0.25) is 0 Å². The number of fused-ring (bicyclic) bond motifs is 2. The maximum atomic E-state index is 12.7. The number of amides is 1. The smallest absolute Gasteiger partial charge is 0.224 e. The second-order valence-corrected chi connectivity index (χ2v) is 8.17. The van der Waals surface area contributed by atoms with Gasteiger partial charge < -0.3 is 11.1 Å². The van der Waals surface area contributed by atoms with Crippen LogP contribution >= 0.6 is 12.4 Å². The van der Waals surface area contributed by atoms with E-state index in [4.69, 9.17) is 5.73 Å². The maximum Gasteiger partial charge on any atom is 0.224 e. The maximum absolute atomic E-state index is 12.7. The molecule has 24 heavy (non-hydrogen) atoms. The Morgan fingerprint density at radius 3 is 2.46 bits per heavy atom. The molecule has 132 valence electrons. The second-order valence-electron chi connectivity index (χ2n) is 8.17. The third-order valence-electron chi connectivity index (χ3n) is 6.76. The lowest BCUT2D eigenvalue weighted by molar-refractivity contribution is -0.128. The summed E-state index contributed by atoms with van der Waals surface area (Å²) >= 11 is 0. The molecule has 0 aliphatic heterocycles. The Balaban J connectivity index is 0.00000169. The Kier molecular flexibility index (Phi) is 5.22. The van der Waals surface area contributed by atoms with Gasteiger partial charge >= 0.3 is 0 Å². The number of nitrogens with one attached hydrogen (secondary N) is 1. The standard InChI is InChI=1S/C20H28N2O.ClH/c21-18-16-8-7-15(11-16)17(18)19(23)22-13-20(9-4-10-20)12-14-5-2-1-3-6-14;/h1-3,5-6,15-18H,4,7-13,21H2,(H,22,23);1H. The number of rotatable bonds is 5. The Hall–Kier alpha value is -1.06. The predicted molar refractivity (Wildman–Crippen MR) is 99.0 cm³/mol. The summed E-state index contributed by atoms with van der Waals surface area (Å²) in [5.41, 5.74) is 7.98. The Bertz CT molecular complexity index is 570. The van der Waals surface area contributed by atoms with Crippen LogP contribution in [0.3, 0.4) is 0 Å². The van der Waals surface area contributed by atoms with Crippen LogP contribution in [-0.2, 0) is 11.2 Å². The molecule has 4 unspecified atom stereocenters. The van der Waals surface area contributed by atoms with Crippen molar-refractivity contribution in [1.82, 2.24) is 5.32 Å². The third-order valence-corrected chi connectivity index (χ3v) is 6.76. The van der Waals surface area contributed by atoms with Crippen LogP contribution in [0.15, 0.2) is 30.3 Å². The molecule has 0 heterocycles. The van der Waals surface area contributed by atoms with Gasteiger partial charge in [-0.2, -0.15) is 0 Å². The van der Waals surface area contributed by atoms with E-state index >= 15 is 0 Å². The zero-order chi connectivity index (χ0) is 15.9. The minimum absolute atomic E-state index is 0. The van der Waals surface area contributed by atoms with Gasteiger partial charge in [-0.3, -0.25) is 4.79 Å². The molecule has 3 nitrogen and oxygen atoms in total. The minimum atomic E-state index is 0. The van der Waals surface area contributed by atoms with Gasteiger partial charge in [0.15, 0.2) is 0 Å². The lowest BCUT2D eigenvalue weighted by Gasteiger charge is -2.43. The molecule has 0 aromatic heterocycles. The first kappa shape index (κ1) is 17.8. The molecule has 3 aliphatic carbocycles. The Morgan fingerprint density at radius 2 is 1.88 bits per heavy atom. The normalized spacial score (nSPS) is 32.7. The molecule has 3 N–H and O–H groups in total. The first-order valence-corrected chi connectivity index (χ1v) is 9.24. The number of benzene rings is 1. The van der Waals surface area contributed by atoms with Crippen molar-refractivity contribution in [3.05, 3.63) is 35.9 Å². The van der Waals surface area contributed by atoms with E-state index in [-0.39, 0.29) is 35.7 Å². The Labute approximate surface area is 151 Å². The van der Waals surface area contributed by atoms with Crippen LogP contribution in [0.25, 0.3) is 0 Å². The van der Waals surface area contributed by atoms with Crippen molar-refractivity contribution in [3.63, 3.8) is 0 Å². The summed E-state index contributed by atoms with van der Waals surface area (Å²) in [5, 5.41) is 3.28. The van der Waals surface area contributed by atoms with Gasteiger partial charge in [-0.25, -0.2) is 0 Å². The number of carbonyl (C=O) groups excluding carboxylic acids is 1. The van der Waals surface area contributed by atoms with Crippen LogP contribution in [-0.4, -0.2) is 18.5 Å². The fourth-order valence-electron chi connectivity index (χ4n) is 5.24. The van der Waals surface area contributed by atoms with Gasteiger partial charge in [0.25, 0.3) is 0 Å². The molecule has 0 saturated heterocycles. The highest BCUT2D eigenvalue weighted by molar-refractivity contribution is 5.85. The van der Waals surface area contributed by atoms with E-state index in [1.54, 1.807) is 0 Å². The molecule has 1 amide bonds. The van der Waals surface area contributed by atoms with E-state index in [1.807, 2.05) is 0 Å². The van der Waals surface area contributed by atoms with E-state index < -0.39 is 0 Å². The summed E-state index contributed by atoms with van der Waals surface area (Å²) < 4.78 is 0. The summed E-state index contributed by atoms with van der Waals surface area (Å²) in [6.07, 6.45) is 8.43. The lowest BCUT2D eigenvalue weighted by Crippen LogP contribution is -2.49. The zero-order valence-corrected chi connectivity index (χ0v) is 15.1. The van der Waals surface area contributed by atoms with Crippen LogP contribution in [0.1, 0.15) is 44.1 Å². The third kappa shape index (κ3) is 3.21. The summed E-state index contributed by atoms with van der Waals surface area (Å²) in [6.45, 7) is 0.821. The first-order chi connectivity index (χ1) is 11.2. The summed E-state index contributed by atoms with van der Waals surface area (Å²) in [4.78, 5) is 12.7. The molecule has 3 fully saturated rings. The van der Waals surface area contributed by atoms with E-state index in [9.17, 15) is 4.79 Å². The number of halogens is 1. The molecule has 0 spiro atoms. The molecular formula is C20H29ClN2O. The highest BCUT2D eigenvalue weighted by Crippen LogP contribution is 2.48. The largest absolute Gasteiger partial charge is 0.355 e. The fraction of sp³-hybridized carbons (Fsp3) is 0.650. The van der Waals surface area contributed by atoms with E-state index in [1.165, 1.54) is 44.1 Å². The van der Waals surface area contributed by atoms with Crippen molar-refractivity contribution in [3.8, 4) is 0 Å². The molecule has 0 radical (unpaired) electrons. The lowest BCUT2D eigenvalue weighted by atomic mass is 9.65. The van der Waals surface area contributed by atoms with Crippen LogP contribution in [0.5, 0.6) is 0 Å². The molecule has 4 rings (SSSR count). The van der Waals surface area contributed by atoms with Crippen molar-refractivity contribution in [2.75, 3.05) is 6.54 Å². The van der Waals surface area contributed by atoms with Crippen LogP contribution < -0.4 is 11.1 Å². The van der Waals surface area contributed by atoms with E-state index in [0.717, 1.165) is 13.0 Å². The van der Waals surface area contributed by atoms with Gasteiger partial charge in [-0.15, -0.1) is 12.4 Å². The molecule has 2 bridgehead atoms. The van der Waals surface area contributed by atoms with Crippen LogP contribution in [0, 0.1) is 23.2 Å². The summed E-state index contributed by atoms with van der Waals surface area (Å²) in [6, 6.07) is 10.8. The molecular weight excluding hydrogens is 320 g/mol. The first-order valence-electron chi connectivity index (χ1n) is 9.24. The van der Waals surface area contributed by atoms with Gasteiger partial charge in [-0.1, -0.05) is 36.8 Å². The second kappa shape index (κ2) is 7.05. The van der Waals surface area contributed by atoms with Crippen molar-refractivity contribution in [1.29, 1.82) is 0 Å². The monoisotopic (exact) mass is 348 g/mol. The minimum Gasteiger partial charge on any atom is -0.355 e. The molecule has 4 heteroatoms. The number of hydrogen-bond acceptors (Lipinski definition) is 2. The average molecular weight is 349 g/mol. The average Bonchev–Trinajstić information content (AvgIpc) is 3.11. The zero-order valence-electron chi connectivity index (χ0n) is 14.2. The van der Waals surface area contributed by atoms with E-state index in [2.05, 4.69) is 35.6 Å². The number of hydrogen-bond donors (Lipinski definition) is 2. The summed E-state index contributed by atoms with van der Waals surface area (Å²) in [5.74, 6) is 1.44. The fourth-order valence-corrected chi connectivity index (χ4v) is 5.24. The van der Waals surface area contributed by atoms with Gasteiger partial charge in [0.05, 0.1) is 5.92 Å². The van der Waals surface area contributed by atoms with Gasteiger partial charge in [0.2, 0.25) is 5.91 Å². The van der Waals surface area contributed by atoms with Gasteiger partial charge in [-0.05, 0) is 61.3 Å². The van der Waals surface area contributed by atoms with Crippen molar-refractivity contribution < 1.29 is 4.79 Å². The number of nitrogens with two attached hydrogens (primary N) is 1. The highest BCUT2D eigenvalue weighted by atomic mass is 35.5.